The van der Waals surface area contributed by atoms with Crippen LogP contribution in [0.1, 0.15) is 27.6 Å². The molecular formula is C31H39BrF5O10S3+. The lowest BCUT2D eigenvalue weighted by atomic mass is 10.2. The van der Waals surface area contributed by atoms with Gasteiger partial charge in [0.25, 0.3) is 0 Å². The van der Waals surface area contributed by atoms with Gasteiger partial charge in [-0.15, -0.1) is 0 Å². The van der Waals surface area contributed by atoms with Crippen LogP contribution in [0, 0.1) is 0 Å². The summed E-state index contributed by atoms with van der Waals surface area (Å²) in [7, 11) is 2.09. The molecule has 0 spiro atoms. The van der Waals surface area contributed by atoms with Crippen molar-refractivity contribution in [2.75, 3.05) is 75.2 Å². The molecule has 2 aromatic carbocycles. The number of esters is 2. The Bertz CT molecular complexity index is 1190. The highest BCUT2D eigenvalue weighted by Gasteiger charge is 2.40. The molecule has 19 heteroatoms. The molecule has 2 saturated heterocycles. The predicted molar refractivity (Wildman–Crippen MR) is 177 cm³/mol. The molecule has 4 rings (SSSR count). The maximum Gasteiger partial charge on any atom is 0.490 e. The van der Waals surface area contributed by atoms with Crippen LogP contribution in [0.5, 0.6) is 0 Å². The first-order chi connectivity index (χ1) is 23.1. The van der Waals surface area contributed by atoms with Crippen LogP contribution in [0.3, 0.4) is 0 Å². The second-order valence-electron chi connectivity index (χ2n) is 9.57. The molecule has 0 aliphatic carbocycles. The topological polar surface area (TPSA) is 139 Å². The Hall–Kier alpha value is -2.71. The van der Waals surface area contributed by atoms with E-state index >= 15 is 0 Å². The molecule has 10 nitrogen and oxygen atoms in total. The molecule has 0 amide bonds. The van der Waals surface area contributed by atoms with Crippen molar-refractivity contribution in [2.24, 2.45) is 0 Å². The molecule has 0 aromatic heterocycles. The van der Waals surface area contributed by atoms with Gasteiger partial charge < -0.3 is 35.9 Å². The molecular weight excluding hydrogens is 803 g/mol. The Morgan fingerprint density at radius 1 is 0.660 bits per heavy atom. The molecule has 2 fully saturated rings. The highest BCUT2D eigenvalue weighted by Crippen LogP contribution is 2.15. The van der Waals surface area contributed by atoms with E-state index in [0.717, 1.165) is 67.7 Å². The van der Waals surface area contributed by atoms with Crippen LogP contribution in [0.15, 0.2) is 60.7 Å². The lowest BCUT2D eigenvalue weighted by Gasteiger charge is -2.13. The van der Waals surface area contributed by atoms with E-state index in [0.29, 0.717) is 25.5 Å². The van der Waals surface area contributed by atoms with Gasteiger partial charge in [0.1, 0.15) is 23.0 Å². The summed E-state index contributed by atoms with van der Waals surface area (Å²) in [6, 6.07) is 19.1. The standard InChI is InChI=1S/2C12H15O2S.C4H6F2O2.C3H3F3O2.BrH.O2S/c2*13-12(11-4-2-1-3-5-11)10-15-8-6-14-7-9-15;1-4(5,6)3(7)8-2;1-8-2(7)3(4,5)6;;1-3-2/h2*1-5H,6-10H2;1-2H3;1H3;1H;/q2*+1;;;;/p-1. The summed E-state index contributed by atoms with van der Waals surface area (Å²) >= 11 is -0.750. The number of alkyl halides is 5. The molecule has 0 atom stereocenters. The normalized spacial score (nSPS) is 14.3. The number of hydrogen-bond acceptors (Lipinski definition) is 10. The van der Waals surface area contributed by atoms with E-state index < -0.39 is 35.6 Å². The summed E-state index contributed by atoms with van der Waals surface area (Å²) in [5, 5.41) is 0. The van der Waals surface area contributed by atoms with Gasteiger partial charge in [0.2, 0.25) is 11.6 Å². The molecule has 0 radical (unpaired) electrons. The van der Waals surface area contributed by atoms with E-state index in [1.165, 1.54) is 0 Å². The van der Waals surface area contributed by atoms with Crippen molar-refractivity contribution < 1.29 is 85.5 Å². The van der Waals surface area contributed by atoms with Gasteiger partial charge in [-0.25, -0.2) is 9.59 Å². The van der Waals surface area contributed by atoms with Crippen molar-refractivity contribution in [1.82, 2.24) is 0 Å². The van der Waals surface area contributed by atoms with Gasteiger partial charge in [0.15, 0.2) is 11.5 Å². The van der Waals surface area contributed by atoms with Crippen LogP contribution >= 0.6 is 0 Å². The zero-order chi connectivity index (χ0) is 37.3. The van der Waals surface area contributed by atoms with Gasteiger partial charge in [0, 0.05) is 39.8 Å². The van der Waals surface area contributed by atoms with Crippen molar-refractivity contribution in [2.45, 2.75) is 19.0 Å². The fraction of sp³-hybridized carbons (Fsp3) is 0.484. The first kappa shape index (κ1) is 49.4. The highest BCUT2D eigenvalue weighted by atomic mass is 79.9. The predicted octanol–water partition coefficient (Wildman–Crippen LogP) is 0.906. The van der Waals surface area contributed by atoms with Gasteiger partial charge in [-0.3, -0.25) is 9.59 Å². The summed E-state index contributed by atoms with van der Waals surface area (Å²) < 4.78 is 90.4. The van der Waals surface area contributed by atoms with E-state index in [-0.39, 0.29) is 50.3 Å². The first-order valence-electron chi connectivity index (χ1n) is 14.2. The quantitative estimate of drug-likeness (QED) is 0.171. The molecule has 2 aliphatic rings. The third kappa shape index (κ3) is 23.7. The minimum absolute atomic E-state index is 0. The Morgan fingerprint density at radius 2 is 0.960 bits per heavy atom. The van der Waals surface area contributed by atoms with Crippen molar-refractivity contribution in [3.05, 3.63) is 71.8 Å². The van der Waals surface area contributed by atoms with Gasteiger partial charge in [-0.1, -0.05) is 60.7 Å². The number of methoxy groups -OCH3 is 2. The van der Waals surface area contributed by atoms with Crippen LogP contribution in [-0.2, 0) is 61.9 Å². The van der Waals surface area contributed by atoms with E-state index in [1.54, 1.807) is 0 Å². The molecule has 2 aliphatic heterocycles. The van der Waals surface area contributed by atoms with Crippen LogP contribution in [0.25, 0.3) is 0 Å². The number of halogens is 6. The van der Waals surface area contributed by atoms with Gasteiger partial charge in [-0.2, -0.15) is 30.4 Å². The number of benzene rings is 2. The number of carbonyl (C=O) groups excluding carboxylic acids is 4. The van der Waals surface area contributed by atoms with Crippen molar-refractivity contribution in [3.8, 4) is 0 Å². The van der Waals surface area contributed by atoms with E-state index in [4.69, 9.17) is 17.9 Å². The van der Waals surface area contributed by atoms with Crippen LogP contribution < -0.4 is 17.0 Å². The highest BCUT2D eigenvalue weighted by molar-refractivity contribution is 7.97. The number of hydrogen-bond donors (Lipinski definition) is 0. The summed E-state index contributed by atoms with van der Waals surface area (Å²) in [5.74, 6) is -0.847. The van der Waals surface area contributed by atoms with Crippen molar-refractivity contribution in [3.63, 3.8) is 0 Å². The SMILES string of the molecule is COC(=O)C(C)(F)F.COC(=O)C(F)(F)F.O=C(C[S+]1CCOCC1)c1ccccc1.O=C(C[S+]1CCOCC1)c1ccccc1.O=S=O.[Br-]. The molecule has 0 N–H and O–H groups in total. The van der Waals surface area contributed by atoms with Gasteiger partial charge >= 0.3 is 35.6 Å². The number of ether oxygens (including phenoxy) is 4. The van der Waals surface area contributed by atoms with E-state index in [2.05, 4.69) is 9.47 Å². The summed E-state index contributed by atoms with van der Waals surface area (Å²) in [4.78, 5) is 43.1. The Morgan fingerprint density at radius 3 is 1.16 bits per heavy atom. The minimum atomic E-state index is -4.85. The van der Waals surface area contributed by atoms with Crippen LogP contribution in [0.2, 0.25) is 0 Å². The third-order valence-corrected chi connectivity index (χ3v) is 10.2. The zero-order valence-electron chi connectivity index (χ0n) is 27.4. The second-order valence-corrected chi connectivity index (χ2v) is 14.4. The maximum atomic E-state index is 11.9. The molecule has 0 bridgehead atoms. The molecule has 50 heavy (non-hydrogen) atoms. The molecule has 0 saturated carbocycles. The van der Waals surface area contributed by atoms with E-state index in [1.807, 2.05) is 60.7 Å². The third-order valence-electron chi connectivity index (χ3n) is 5.89. The number of carbonyl (C=O) groups is 4. The summed E-state index contributed by atoms with van der Waals surface area (Å²) in [5.41, 5.74) is 1.69. The average Bonchev–Trinajstić information content (AvgIpc) is 3.09. The van der Waals surface area contributed by atoms with Crippen molar-refractivity contribution >= 4 is 56.9 Å². The lowest BCUT2D eigenvalue weighted by Crippen LogP contribution is -3.00. The first-order valence-corrected chi connectivity index (χ1v) is 18.4. The Labute approximate surface area is 307 Å². The number of Topliss-reactive ketones (excluding diaryl/α,β-unsaturated/α-hetero) is 2. The smallest absolute Gasteiger partial charge is 0.490 e. The fourth-order valence-electron chi connectivity index (χ4n) is 3.48. The van der Waals surface area contributed by atoms with Gasteiger partial charge in [0.05, 0.1) is 40.6 Å². The van der Waals surface area contributed by atoms with Crippen LogP contribution in [-0.4, -0.2) is 119 Å². The second kappa shape index (κ2) is 27.9. The Balaban J connectivity index is 0. The largest absolute Gasteiger partial charge is 1.00 e. The monoisotopic (exact) mass is 841 g/mol. The number of rotatable bonds is 7. The molecule has 2 aromatic rings. The number of ketones is 2. The summed E-state index contributed by atoms with van der Waals surface area (Å²) in [6.07, 6.45) is -4.85. The minimum Gasteiger partial charge on any atom is -1.00 e. The van der Waals surface area contributed by atoms with Gasteiger partial charge in [-0.05, 0) is 0 Å². The lowest BCUT2D eigenvalue weighted by molar-refractivity contribution is -0.196. The van der Waals surface area contributed by atoms with E-state index in [9.17, 15) is 41.1 Å². The average molecular weight is 843 g/mol. The maximum absolute atomic E-state index is 11.9. The Kier molecular flexibility index (Phi) is 27.6. The van der Waals surface area contributed by atoms with Crippen molar-refractivity contribution in [1.29, 1.82) is 0 Å². The molecule has 282 valence electrons. The zero-order valence-corrected chi connectivity index (χ0v) is 31.5. The van der Waals surface area contributed by atoms with Crippen LogP contribution in [0.4, 0.5) is 22.0 Å². The molecule has 2 heterocycles. The summed E-state index contributed by atoms with van der Waals surface area (Å²) in [6.45, 7) is 3.78. The molecule has 0 unspecified atom stereocenters. The fourth-order valence-corrected chi connectivity index (χ4v) is 6.96.